The van der Waals surface area contributed by atoms with Gasteiger partial charge in [-0.1, -0.05) is 60.7 Å². The van der Waals surface area contributed by atoms with E-state index in [-0.39, 0.29) is 18.9 Å². The van der Waals surface area contributed by atoms with E-state index in [0.29, 0.717) is 42.5 Å². The van der Waals surface area contributed by atoms with Crippen LogP contribution in [-0.4, -0.2) is 49.9 Å². The van der Waals surface area contributed by atoms with Crippen molar-refractivity contribution >= 4 is 11.8 Å². The molecule has 4 aromatic rings. The maximum atomic E-state index is 14.4. The maximum Gasteiger partial charge on any atom is 0.266 e. The van der Waals surface area contributed by atoms with Gasteiger partial charge in [-0.3, -0.25) is 10.2 Å². The fourth-order valence-corrected chi connectivity index (χ4v) is 5.17. The van der Waals surface area contributed by atoms with Crippen LogP contribution in [-0.2, 0) is 22.5 Å². The van der Waals surface area contributed by atoms with Crippen LogP contribution in [0.15, 0.2) is 108 Å². The Morgan fingerprint density at radius 2 is 1.68 bits per heavy atom. The summed E-state index contributed by atoms with van der Waals surface area (Å²) in [6.07, 6.45) is 0.0625. The number of carbonyl (C=O) groups excluding carboxylic acids is 1. The first kappa shape index (κ1) is 30.6. The number of nitrogens with one attached hydrogen (secondary N) is 2. The molecule has 9 heteroatoms. The van der Waals surface area contributed by atoms with Crippen LogP contribution in [0.25, 0.3) is 0 Å². The third-order valence-electron chi connectivity index (χ3n) is 7.42. The normalized spacial score (nSPS) is 17.3. The topological polar surface area (TPSA) is 111 Å². The first-order valence-electron chi connectivity index (χ1n) is 14.5. The van der Waals surface area contributed by atoms with Gasteiger partial charge < -0.3 is 24.1 Å². The summed E-state index contributed by atoms with van der Waals surface area (Å²) >= 11 is 0. The molecule has 2 atom stereocenters. The molecule has 0 bridgehead atoms. The summed E-state index contributed by atoms with van der Waals surface area (Å²) in [5.74, 6) is 2.03. The molecule has 0 fully saturated rings. The SMILES string of the molecule is COc1cccc([C@@H]2OC(c3ccc(OCCCO)cc3)=N[C@]2(Cc2ccccc2)C(=O)NNCc2ccccc2OC)c1. The van der Waals surface area contributed by atoms with Crippen molar-refractivity contribution in [3.8, 4) is 17.2 Å². The van der Waals surface area contributed by atoms with Crippen molar-refractivity contribution in [2.75, 3.05) is 27.4 Å². The smallest absolute Gasteiger partial charge is 0.266 e. The van der Waals surface area contributed by atoms with Crippen LogP contribution in [0.2, 0.25) is 0 Å². The van der Waals surface area contributed by atoms with Crippen LogP contribution in [0.5, 0.6) is 17.2 Å². The lowest BCUT2D eigenvalue weighted by atomic mass is 9.82. The Morgan fingerprint density at radius 1 is 0.909 bits per heavy atom. The molecule has 1 amide bonds. The molecule has 0 aromatic heterocycles. The minimum atomic E-state index is -1.37. The second kappa shape index (κ2) is 14.5. The van der Waals surface area contributed by atoms with Gasteiger partial charge in [0.15, 0.2) is 11.6 Å². The molecule has 0 saturated heterocycles. The maximum absolute atomic E-state index is 14.4. The van der Waals surface area contributed by atoms with E-state index in [0.717, 1.165) is 22.4 Å². The fourth-order valence-electron chi connectivity index (χ4n) is 5.17. The van der Waals surface area contributed by atoms with Crippen molar-refractivity contribution in [2.24, 2.45) is 4.99 Å². The molecular weight excluding hydrogens is 558 g/mol. The highest BCUT2D eigenvalue weighted by Crippen LogP contribution is 2.43. The highest BCUT2D eigenvalue weighted by Gasteiger charge is 2.53. The van der Waals surface area contributed by atoms with Gasteiger partial charge in [0.05, 0.1) is 20.8 Å². The number of benzene rings is 4. The molecule has 5 rings (SSSR count). The largest absolute Gasteiger partial charge is 0.497 e. The van der Waals surface area contributed by atoms with Gasteiger partial charge in [-0.15, -0.1) is 0 Å². The van der Waals surface area contributed by atoms with Gasteiger partial charge in [0.2, 0.25) is 5.90 Å². The van der Waals surface area contributed by atoms with Gasteiger partial charge in [0, 0.05) is 37.1 Å². The quantitative estimate of drug-likeness (QED) is 0.142. The number of carbonyl (C=O) groups is 1. The Labute approximate surface area is 257 Å². The number of aliphatic imine (C=N–C) groups is 1. The molecule has 0 saturated carbocycles. The Hall–Kier alpha value is -4.86. The van der Waals surface area contributed by atoms with Gasteiger partial charge in [0.25, 0.3) is 5.91 Å². The zero-order chi connectivity index (χ0) is 30.8. The number of hydrogen-bond donors (Lipinski definition) is 3. The molecular formula is C35H37N3O6. The van der Waals surface area contributed by atoms with Gasteiger partial charge in [-0.05, 0) is 53.6 Å². The van der Waals surface area contributed by atoms with E-state index < -0.39 is 11.6 Å². The Morgan fingerprint density at radius 3 is 2.43 bits per heavy atom. The Bertz CT molecular complexity index is 1560. The number of aliphatic hydroxyl groups excluding tert-OH is 1. The number of nitrogens with zero attached hydrogens (tertiary/aromatic N) is 1. The van der Waals surface area contributed by atoms with E-state index in [9.17, 15) is 4.79 Å². The lowest BCUT2D eigenvalue weighted by Gasteiger charge is -2.31. The van der Waals surface area contributed by atoms with Crippen molar-refractivity contribution in [1.29, 1.82) is 0 Å². The predicted molar refractivity (Wildman–Crippen MR) is 168 cm³/mol. The lowest BCUT2D eigenvalue weighted by Crippen LogP contribution is -2.53. The highest BCUT2D eigenvalue weighted by atomic mass is 16.5. The molecule has 0 aliphatic carbocycles. The summed E-state index contributed by atoms with van der Waals surface area (Å²) in [5, 5.41) is 9.06. The summed E-state index contributed by atoms with van der Waals surface area (Å²) in [7, 11) is 3.22. The first-order valence-corrected chi connectivity index (χ1v) is 14.5. The predicted octanol–water partition coefficient (Wildman–Crippen LogP) is 4.79. The van der Waals surface area contributed by atoms with Crippen molar-refractivity contribution in [3.05, 3.63) is 125 Å². The van der Waals surface area contributed by atoms with Crippen molar-refractivity contribution in [1.82, 2.24) is 10.9 Å². The first-order chi connectivity index (χ1) is 21.6. The third-order valence-corrected chi connectivity index (χ3v) is 7.42. The lowest BCUT2D eigenvalue weighted by molar-refractivity contribution is -0.130. The molecule has 1 aliphatic heterocycles. The molecule has 0 spiro atoms. The van der Waals surface area contributed by atoms with Crippen LogP contribution in [0.4, 0.5) is 0 Å². The minimum absolute atomic E-state index is 0.0632. The number of rotatable bonds is 14. The van der Waals surface area contributed by atoms with Gasteiger partial charge in [0.1, 0.15) is 17.2 Å². The number of amides is 1. The summed E-state index contributed by atoms with van der Waals surface area (Å²) < 4.78 is 23.3. The molecule has 1 aliphatic rings. The summed E-state index contributed by atoms with van der Waals surface area (Å²) in [6, 6.07) is 32.3. The van der Waals surface area contributed by atoms with E-state index in [1.54, 1.807) is 14.2 Å². The van der Waals surface area contributed by atoms with E-state index in [2.05, 4.69) is 10.9 Å². The zero-order valence-corrected chi connectivity index (χ0v) is 24.9. The van der Waals surface area contributed by atoms with Crippen LogP contribution < -0.4 is 25.1 Å². The van der Waals surface area contributed by atoms with Gasteiger partial charge in [-0.25, -0.2) is 10.4 Å². The van der Waals surface area contributed by atoms with E-state index >= 15 is 0 Å². The Kier molecular flexibility index (Phi) is 10.1. The van der Waals surface area contributed by atoms with Crippen molar-refractivity contribution in [2.45, 2.75) is 31.0 Å². The number of hydrogen-bond acceptors (Lipinski definition) is 8. The standard InChI is InChI=1S/C35H37N3O6/c1-41-30-14-8-13-27(22-30)32-35(23-25-10-4-3-5-11-25,34(40)38-36-24-28-12-6-7-15-31(28)42-2)37-33(44-32)26-16-18-29(19-17-26)43-21-9-20-39/h3-8,10-19,22,32,36,39H,9,20-21,23-24H2,1-2H3,(H,38,40)/t32-,35-/m0/s1. The monoisotopic (exact) mass is 595 g/mol. The molecule has 0 radical (unpaired) electrons. The molecule has 9 nitrogen and oxygen atoms in total. The summed E-state index contributed by atoms with van der Waals surface area (Å²) in [4.78, 5) is 19.4. The van der Waals surface area contributed by atoms with Crippen molar-refractivity contribution in [3.63, 3.8) is 0 Å². The molecule has 4 aromatic carbocycles. The molecule has 1 heterocycles. The van der Waals surface area contributed by atoms with Crippen LogP contribution in [0.3, 0.4) is 0 Å². The number of ether oxygens (including phenoxy) is 4. The average Bonchev–Trinajstić information content (AvgIpc) is 3.46. The number of aliphatic hydroxyl groups is 1. The van der Waals surface area contributed by atoms with E-state index in [1.165, 1.54) is 0 Å². The second-order valence-corrected chi connectivity index (χ2v) is 10.3. The number of methoxy groups -OCH3 is 2. The van der Waals surface area contributed by atoms with Crippen LogP contribution >= 0.6 is 0 Å². The zero-order valence-electron chi connectivity index (χ0n) is 24.9. The van der Waals surface area contributed by atoms with Crippen molar-refractivity contribution < 1.29 is 28.8 Å². The summed E-state index contributed by atoms with van der Waals surface area (Å²) in [6.45, 7) is 0.817. The molecule has 228 valence electrons. The third kappa shape index (κ3) is 7.02. The van der Waals surface area contributed by atoms with E-state index in [1.807, 2.05) is 103 Å². The Balaban J connectivity index is 1.51. The molecule has 3 N–H and O–H groups in total. The molecule has 0 unspecified atom stereocenters. The fraction of sp³-hybridized carbons (Fsp3) is 0.257. The van der Waals surface area contributed by atoms with Gasteiger partial charge in [-0.2, -0.15) is 0 Å². The number of hydrazine groups is 1. The highest BCUT2D eigenvalue weighted by molar-refractivity contribution is 6.01. The van der Waals surface area contributed by atoms with Crippen LogP contribution in [0, 0.1) is 0 Å². The molecule has 44 heavy (non-hydrogen) atoms. The minimum Gasteiger partial charge on any atom is -0.497 e. The van der Waals surface area contributed by atoms with Crippen LogP contribution in [0.1, 0.15) is 34.8 Å². The number of para-hydroxylation sites is 1. The second-order valence-electron chi connectivity index (χ2n) is 10.3. The average molecular weight is 596 g/mol. The van der Waals surface area contributed by atoms with Gasteiger partial charge >= 0.3 is 0 Å². The summed E-state index contributed by atoms with van der Waals surface area (Å²) in [5.41, 5.74) is 7.92. The van der Waals surface area contributed by atoms with E-state index in [4.69, 9.17) is 29.0 Å².